The molecule has 4 fully saturated rings. The highest BCUT2D eigenvalue weighted by Gasteiger charge is 2.32. The van der Waals surface area contributed by atoms with Gasteiger partial charge in [0.2, 0.25) is 16.2 Å². The van der Waals surface area contributed by atoms with Crippen molar-refractivity contribution in [2.24, 2.45) is 23.7 Å². The number of carbonyl (C=O) groups is 4. The Morgan fingerprint density at radius 3 is 1.13 bits per heavy atom. The Morgan fingerprint density at radius 1 is 0.431 bits per heavy atom. The average molecular weight is 1730 g/mol. The zero-order valence-corrected chi connectivity index (χ0v) is 73.0. The molecular formula is C89H115F3N20O9S2. The maximum atomic E-state index is 12.8. The molecule has 0 spiro atoms. The molecule has 4 aromatic carbocycles. The summed E-state index contributed by atoms with van der Waals surface area (Å²) in [7, 11) is 5.18. The number of Topliss-reactive ketones (excluding diaryl/α,β-unsaturated/α-hetero) is 4. The van der Waals surface area contributed by atoms with Gasteiger partial charge < -0.3 is 58.2 Å². The normalized spacial score (nSPS) is 16.3. The third kappa shape index (κ3) is 25.8. The highest BCUT2D eigenvalue weighted by Crippen LogP contribution is 2.32. The number of rotatable bonds is 36. The highest BCUT2D eigenvalue weighted by molar-refractivity contribution is 7.17. The van der Waals surface area contributed by atoms with E-state index in [0.717, 1.165) is 171 Å². The summed E-state index contributed by atoms with van der Waals surface area (Å²) in [6, 6.07) is 33.5. The van der Waals surface area contributed by atoms with Crippen LogP contribution in [0.1, 0.15) is 116 Å². The minimum atomic E-state index is -4.59. The Kier molecular flexibility index (Phi) is 32.7. The van der Waals surface area contributed by atoms with Crippen LogP contribution in [0, 0.1) is 23.7 Å². The van der Waals surface area contributed by atoms with Gasteiger partial charge >= 0.3 is 6.36 Å². The summed E-state index contributed by atoms with van der Waals surface area (Å²) in [6.45, 7) is 26.7. The molecule has 4 saturated heterocycles. The molecule has 5 N–H and O–H groups in total. The van der Waals surface area contributed by atoms with Crippen molar-refractivity contribution < 1.29 is 55.7 Å². The van der Waals surface area contributed by atoms with Crippen molar-refractivity contribution in [2.45, 2.75) is 85.4 Å². The number of para-hydroxylation sites is 4. The number of aromatic nitrogens is 12. The first-order chi connectivity index (χ1) is 59.7. The molecule has 4 unspecified atom stereocenters. The van der Waals surface area contributed by atoms with Gasteiger partial charge in [-0.1, -0.05) is 123 Å². The molecule has 29 nitrogen and oxygen atoms in total. The van der Waals surface area contributed by atoms with E-state index in [1.165, 1.54) is 66.5 Å². The van der Waals surface area contributed by atoms with Crippen LogP contribution in [0.5, 0.6) is 0 Å². The molecule has 12 heterocycles. The van der Waals surface area contributed by atoms with E-state index in [0.29, 0.717) is 90.6 Å². The molecule has 4 atom stereocenters. The molecule has 123 heavy (non-hydrogen) atoms. The number of piperazine rings is 4. The standard InChI is InChI=1S/C23H30N4O3.C22H26F3N5O2S.C22H30N6O2.C22H29N5O2S/c1-17(13-18-15-24-20-6-4-3-5-19(18)20)14-21(28)22-16-25-23(30-22)27-9-7-26(8-10-27)11-12-29-2;1-15(12-16-14-26-18-5-3-2-4-17(16)18)13-19(31)20-27-28-21(33-20)30-8-6-29(7-9-30)10-11-32-22(23,24)25;1-16(13-17-15-23-19-6-4-3-5-18(17)19)14-20(29)21-24-22(26-25-21)28-9-7-27(8-10-28)11-12-30-2;1-16(13-17-15-23-19-6-4-3-5-18(17)19)14-20(28)21-24-25-22(30-21)27-9-7-26(8-10-27)11-12-29-2/h3-6,15-17,24H,7-14H2,1-2H3;2-5,14-15,26H,6-13H2,1H3;3-6,15-16,23H,7-14H2,1-2H3,(H,24,25,26);3-6,15-16,23H,7-14H2,1-2H3. The van der Waals surface area contributed by atoms with E-state index in [1.54, 1.807) is 27.5 Å². The molecule has 0 radical (unpaired) electrons. The number of carbonyl (C=O) groups excluding carboxylic acids is 4. The zero-order valence-electron chi connectivity index (χ0n) is 71.4. The first kappa shape index (κ1) is 90.6. The summed E-state index contributed by atoms with van der Waals surface area (Å²) in [5.74, 6) is 2.27. The molecule has 4 aliphatic rings. The van der Waals surface area contributed by atoms with E-state index >= 15 is 0 Å². The van der Waals surface area contributed by atoms with E-state index < -0.39 is 6.36 Å². The van der Waals surface area contributed by atoms with E-state index in [-0.39, 0.29) is 60.0 Å². The third-order valence-corrected chi connectivity index (χ3v) is 25.1. The Bertz CT molecular complexity index is 4920. The number of benzene rings is 4. The van der Waals surface area contributed by atoms with Gasteiger partial charge in [0.25, 0.3) is 6.01 Å². The fourth-order valence-electron chi connectivity index (χ4n) is 16.2. The van der Waals surface area contributed by atoms with Crippen LogP contribution in [-0.4, -0.2) is 288 Å². The third-order valence-electron chi connectivity index (χ3n) is 23.0. The lowest BCUT2D eigenvalue weighted by atomic mass is 9.95. The molecule has 34 heteroatoms. The molecule has 0 saturated carbocycles. The number of halogens is 3. The number of anilines is 4. The maximum absolute atomic E-state index is 12.8. The van der Waals surface area contributed by atoms with Crippen molar-refractivity contribution in [1.29, 1.82) is 0 Å². The summed E-state index contributed by atoms with van der Waals surface area (Å²) >= 11 is 2.70. The molecule has 8 aromatic heterocycles. The van der Waals surface area contributed by atoms with E-state index in [4.69, 9.17) is 18.6 Å². The number of fused-ring (bicyclic) bond motifs is 4. The quantitative estimate of drug-likeness (QED) is 0.0228. The van der Waals surface area contributed by atoms with Gasteiger partial charge in [-0.2, -0.15) is 4.98 Å². The number of oxazole rings is 1. The van der Waals surface area contributed by atoms with Crippen LogP contribution in [0.4, 0.5) is 35.4 Å². The van der Waals surface area contributed by atoms with Crippen molar-refractivity contribution in [3.63, 3.8) is 0 Å². The van der Waals surface area contributed by atoms with Gasteiger partial charge in [0.1, 0.15) is 0 Å². The van der Waals surface area contributed by atoms with Crippen LogP contribution >= 0.6 is 22.7 Å². The number of methoxy groups -OCH3 is 3. The summed E-state index contributed by atoms with van der Waals surface area (Å²) in [4.78, 5) is 90.5. The molecule has 658 valence electrons. The molecule has 0 bridgehead atoms. The largest absolute Gasteiger partial charge is 0.522 e. The van der Waals surface area contributed by atoms with Crippen molar-refractivity contribution in [3.05, 3.63) is 172 Å². The number of aromatic amines is 5. The first-order valence-electron chi connectivity index (χ1n) is 42.6. The molecule has 0 amide bonds. The Morgan fingerprint density at radius 2 is 0.764 bits per heavy atom. The minimum Gasteiger partial charge on any atom is -0.420 e. The number of hydrogen-bond acceptors (Lipinski definition) is 26. The predicted molar refractivity (Wildman–Crippen MR) is 475 cm³/mol. The number of alkyl halides is 3. The second-order valence-corrected chi connectivity index (χ2v) is 34.5. The van der Waals surface area contributed by atoms with Gasteiger partial charge in [0.05, 0.1) is 32.6 Å². The molecule has 0 aliphatic carbocycles. The number of nitrogens with zero attached hydrogens (tertiary/aromatic N) is 15. The number of ether oxygens (including phenoxy) is 4. The fourth-order valence-corrected chi connectivity index (χ4v) is 17.9. The van der Waals surface area contributed by atoms with E-state index in [2.05, 4.69) is 177 Å². The van der Waals surface area contributed by atoms with Crippen LogP contribution < -0.4 is 19.6 Å². The summed E-state index contributed by atoms with van der Waals surface area (Å²) < 4.78 is 61.4. The second kappa shape index (κ2) is 44.5. The lowest BCUT2D eigenvalue weighted by molar-refractivity contribution is -0.325. The SMILES string of the molecule is CC(CC(=O)c1nnc(N2CCN(CCOC(F)(F)F)CC2)s1)Cc1c[nH]c2ccccc12.COCCN1CCN(c2n[nH]c(C(=O)CC(C)Cc3c[nH]c4ccccc34)n2)CC1.COCCN1CCN(c2ncc(C(=O)CC(C)Cc3c[nH]c4ccccc34)o2)CC1.COCCN1CCN(c2nnc(C(=O)CC(C)Cc3c[nH]c4ccccc34)s2)CC1. The van der Waals surface area contributed by atoms with Crippen LogP contribution in [0.25, 0.3) is 43.6 Å². The summed E-state index contributed by atoms with van der Waals surface area (Å²) in [5, 5.41) is 31.2. The monoisotopic (exact) mass is 1730 g/mol. The Balaban J connectivity index is 0.000000141. The van der Waals surface area contributed by atoms with Crippen molar-refractivity contribution in [3.8, 4) is 0 Å². The van der Waals surface area contributed by atoms with Gasteiger partial charge in [-0.15, -0.1) is 38.7 Å². The van der Waals surface area contributed by atoms with Crippen molar-refractivity contribution >= 4 is 112 Å². The molecule has 4 aliphatic heterocycles. The lowest BCUT2D eigenvalue weighted by Crippen LogP contribution is -2.47. The Hall–Kier alpha value is -10.1. The second-order valence-electron chi connectivity index (χ2n) is 32.5. The summed E-state index contributed by atoms with van der Waals surface area (Å²) in [5.41, 5.74) is 9.44. The maximum Gasteiger partial charge on any atom is 0.522 e. The lowest BCUT2D eigenvalue weighted by Gasteiger charge is -2.34. The van der Waals surface area contributed by atoms with Crippen molar-refractivity contribution in [2.75, 3.05) is 198 Å². The highest BCUT2D eigenvalue weighted by atomic mass is 32.1. The molecular weight excluding hydrogens is 1610 g/mol. The van der Waals surface area contributed by atoms with Gasteiger partial charge in [-0.3, -0.25) is 48.6 Å². The number of ketones is 4. The van der Waals surface area contributed by atoms with Crippen LogP contribution in [0.3, 0.4) is 0 Å². The van der Waals surface area contributed by atoms with Gasteiger partial charge in [0, 0.05) is 246 Å². The minimum absolute atomic E-state index is 0.0137. The van der Waals surface area contributed by atoms with Crippen molar-refractivity contribution in [1.82, 2.24) is 80.1 Å². The van der Waals surface area contributed by atoms with Gasteiger partial charge in [0.15, 0.2) is 44.7 Å². The fraction of sp³-hybridized carbons (Fsp3) is 0.494. The topological polar surface area (TPSA) is 313 Å². The number of H-pyrrole nitrogens is 5. The molecule has 12 aromatic rings. The zero-order chi connectivity index (χ0) is 86.2. The van der Waals surface area contributed by atoms with Gasteiger partial charge in [-0.25, -0.2) is 4.98 Å². The average Bonchev–Trinajstić information content (AvgIpc) is 1.71. The first-order valence-corrected chi connectivity index (χ1v) is 44.3. The van der Waals surface area contributed by atoms with Crippen LogP contribution in [0.15, 0.2) is 132 Å². The summed E-state index contributed by atoms with van der Waals surface area (Å²) in [6.07, 6.45) is 10.3. The number of nitrogens with one attached hydrogen (secondary N) is 5. The number of hydrogen-bond donors (Lipinski definition) is 5. The van der Waals surface area contributed by atoms with E-state index in [1.807, 2.05) is 76.9 Å². The molecule has 16 rings (SSSR count). The Labute approximate surface area is 722 Å². The van der Waals surface area contributed by atoms with Gasteiger partial charge in [-0.05, 0) is 95.9 Å². The predicted octanol–water partition coefficient (Wildman–Crippen LogP) is 13.3. The van der Waals surface area contributed by atoms with Crippen LogP contribution in [0.2, 0.25) is 0 Å². The smallest absolute Gasteiger partial charge is 0.420 e. The van der Waals surface area contributed by atoms with Crippen LogP contribution in [-0.2, 0) is 44.6 Å². The van der Waals surface area contributed by atoms with E-state index in [9.17, 15) is 32.3 Å².